The van der Waals surface area contributed by atoms with Crippen LogP contribution < -0.4 is 4.90 Å². The van der Waals surface area contributed by atoms with Gasteiger partial charge in [0.05, 0.1) is 25.2 Å². The molecule has 1 spiro atoms. The molecule has 0 saturated carbocycles. The number of hydrogen-bond acceptors (Lipinski definition) is 4. The molecule has 0 aromatic heterocycles. The predicted molar refractivity (Wildman–Crippen MR) is 102 cm³/mol. The summed E-state index contributed by atoms with van der Waals surface area (Å²) in [4.78, 5) is 27.9. The van der Waals surface area contributed by atoms with Crippen LogP contribution in [0.3, 0.4) is 0 Å². The summed E-state index contributed by atoms with van der Waals surface area (Å²) in [6.45, 7) is 5.06. The van der Waals surface area contributed by atoms with Gasteiger partial charge in [-0.3, -0.25) is 9.59 Å². The molecule has 3 heterocycles. The molecule has 1 aromatic carbocycles. The summed E-state index contributed by atoms with van der Waals surface area (Å²) in [5.41, 5.74) is 1.35. The summed E-state index contributed by atoms with van der Waals surface area (Å²) < 4.78 is 11.7. The van der Waals surface area contributed by atoms with E-state index in [2.05, 4.69) is 13.8 Å². The highest BCUT2D eigenvalue weighted by Gasteiger charge is 2.67. The number of aryl methyl sites for hydroxylation is 1. The molecule has 3 aliphatic heterocycles. The molecule has 4 rings (SSSR count). The zero-order valence-electron chi connectivity index (χ0n) is 16.0. The molecule has 0 unspecified atom stereocenters. The number of fused-ring (bicyclic) bond motifs is 1. The molecule has 4 atom stereocenters. The number of rotatable bonds is 7. The Kier molecular flexibility index (Phi) is 4.81. The summed E-state index contributed by atoms with van der Waals surface area (Å²) in [5.74, 6) is -1.36. The number of para-hydroxylation sites is 1. The quantitative estimate of drug-likeness (QED) is 0.420. The van der Waals surface area contributed by atoms with Crippen LogP contribution in [-0.2, 0) is 25.5 Å². The van der Waals surface area contributed by atoms with Gasteiger partial charge in [-0.25, -0.2) is 0 Å². The van der Waals surface area contributed by atoms with E-state index in [4.69, 9.17) is 9.47 Å². The van der Waals surface area contributed by atoms with Crippen molar-refractivity contribution in [2.24, 2.45) is 11.8 Å². The zero-order valence-corrected chi connectivity index (χ0v) is 16.0. The van der Waals surface area contributed by atoms with Gasteiger partial charge in [0.1, 0.15) is 11.5 Å². The molecule has 2 saturated heterocycles. The van der Waals surface area contributed by atoms with Gasteiger partial charge in [0, 0.05) is 5.69 Å². The second-order valence-corrected chi connectivity index (χ2v) is 7.68. The Labute approximate surface area is 160 Å². The van der Waals surface area contributed by atoms with Gasteiger partial charge >= 0.3 is 5.97 Å². The molecule has 0 aliphatic carbocycles. The Hall–Kier alpha value is -2.14. The van der Waals surface area contributed by atoms with Crippen molar-refractivity contribution in [2.75, 3.05) is 18.1 Å². The van der Waals surface area contributed by atoms with Crippen LogP contribution in [0.1, 0.15) is 38.7 Å². The van der Waals surface area contributed by atoms with Crippen LogP contribution in [0.25, 0.3) is 0 Å². The number of unbranched alkanes of at least 4 members (excludes halogenated alkanes) is 2. The maximum atomic E-state index is 13.3. The van der Waals surface area contributed by atoms with Gasteiger partial charge in [-0.15, -0.1) is 0 Å². The number of esters is 1. The summed E-state index contributed by atoms with van der Waals surface area (Å²) >= 11 is 0. The Morgan fingerprint density at radius 2 is 2.11 bits per heavy atom. The summed E-state index contributed by atoms with van der Waals surface area (Å²) in [7, 11) is 0. The van der Waals surface area contributed by atoms with E-state index >= 15 is 0 Å². The number of carbonyl (C=O) groups excluding carboxylic acids is 2. The lowest BCUT2D eigenvalue weighted by Gasteiger charge is -2.23. The van der Waals surface area contributed by atoms with E-state index in [9.17, 15) is 9.59 Å². The molecule has 5 nitrogen and oxygen atoms in total. The molecular weight excluding hydrogens is 342 g/mol. The number of anilines is 1. The van der Waals surface area contributed by atoms with Gasteiger partial charge in [-0.05, 0) is 24.5 Å². The van der Waals surface area contributed by atoms with E-state index < -0.39 is 17.4 Å². The molecule has 2 fully saturated rings. The molecule has 2 bridgehead atoms. The fourth-order valence-corrected chi connectivity index (χ4v) is 4.67. The van der Waals surface area contributed by atoms with Crippen molar-refractivity contribution in [1.29, 1.82) is 0 Å². The molecule has 144 valence electrons. The van der Waals surface area contributed by atoms with Gasteiger partial charge in [0.2, 0.25) is 5.91 Å². The van der Waals surface area contributed by atoms with Crippen LogP contribution in [0.15, 0.2) is 36.4 Å². The van der Waals surface area contributed by atoms with E-state index in [1.165, 1.54) is 0 Å². The van der Waals surface area contributed by atoms with Crippen molar-refractivity contribution >= 4 is 17.6 Å². The molecule has 1 aromatic rings. The van der Waals surface area contributed by atoms with E-state index in [-0.39, 0.29) is 18.0 Å². The molecular formula is C22H27NO4. The van der Waals surface area contributed by atoms with Crippen LogP contribution in [0.2, 0.25) is 0 Å². The van der Waals surface area contributed by atoms with Crippen LogP contribution in [0, 0.1) is 11.8 Å². The lowest BCUT2D eigenvalue weighted by molar-refractivity contribution is -0.152. The highest BCUT2D eigenvalue weighted by atomic mass is 16.6. The number of benzene rings is 1. The van der Waals surface area contributed by atoms with Gasteiger partial charge in [-0.1, -0.05) is 57.0 Å². The molecule has 1 amide bonds. The predicted octanol–water partition coefficient (Wildman–Crippen LogP) is 3.27. The zero-order chi connectivity index (χ0) is 19.0. The highest BCUT2D eigenvalue weighted by Crippen LogP contribution is 2.53. The van der Waals surface area contributed by atoms with Gasteiger partial charge in [0.15, 0.2) is 0 Å². The van der Waals surface area contributed by atoms with Crippen molar-refractivity contribution in [3.63, 3.8) is 0 Å². The normalized spacial score (nSPS) is 30.8. The van der Waals surface area contributed by atoms with E-state index in [1.807, 2.05) is 36.4 Å². The highest BCUT2D eigenvalue weighted by molar-refractivity contribution is 6.03. The molecule has 0 radical (unpaired) electrons. The van der Waals surface area contributed by atoms with E-state index in [0.29, 0.717) is 13.2 Å². The first kappa shape index (κ1) is 18.2. The number of ether oxygens (including phenoxy) is 2. The lowest BCUT2D eigenvalue weighted by atomic mass is 9.77. The standard InChI is InChI=1S/C22H27NO4/c1-3-5-8-13-26-21(25)18-17-11-12-22(27-17)14-23(20(24)19(18)22)16-10-7-6-9-15(16)4-2/h6-7,9-12,17-19H,3-5,8,13-14H2,1-2H3/t17-,18-,19+,22+/m1/s1. The molecule has 3 aliphatic rings. The summed E-state index contributed by atoms with van der Waals surface area (Å²) in [6.07, 6.45) is 7.38. The Morgan fingerprint density at radius 1 is 1.30 bits per heavy atom. The third kappa shape index (κ3) is 2.89. The molecule has 0 N–H and O–H groups in total. The molecule has 5 heteroatoms. The van der Waals surface area contributed by atoms with Crippen LogP contribution in [0.5, 0.6) is 0 Å². The van der Waals surface area contributed by atoms with Crippen molar-refractivity contribution in [1.82, 2.24) is 0 Å². The minimum absolute atomic E-state index is 0.0294. The number of carbonyl (C=O) groups is 2. The third-order valence-electron chi connectivity index (χ3n) is 6.03. The van der Waals surface area contributed by atoms with Crippen LogP contribution in [0.4, 0.5) is 5.69 Å². The number of nitrogens with zero attached hydrogens (tertiary/aromatic N) is 1. The van der Waals surface area contributed by atoms with Crippen molar-refractivity contribution in [3.8, 4) is 0 Å². The monoisotopic (exact) mass is 369 g/mol. The Bertz CT molecular complexity index is 773. The maximum absolute atomic E-state index is 13.3. The largest absolute Gasteiger partial charge is 0.465 e. The van der Waals surface area contributed by atoms with Gasteiger partial charge in [0.25, 0.3) is 0 Å². The smallest absolute Gasteiger partial charge is 0.312 e. The van der Waals surface area contributed by atoms with Crippen molar-refractivity contribution < 1.29 is 19.1 Å². The third-order valence-corrected chi connectivity index (χ3v) is 6.03. The van der Waals surface area contributed by atoms with Gasteiger partial charge < -0.3 is 14.4 Å². The number of amides is 1. The second-order valence-electron chi connectivity index (χ2n) is 7.68. The first-order valence-electron chi connectivity index (χ1n) is 10.0. The fraction of sp³-hybridized carbons (Fsp3) is 0.545. The Morgan fingerprint density at radius 3 is 2.89 bits per heavy atom. The van der Waals surface area contributed by atoms with Crippen molar-refractivity contribution in [2.45, 2.75) is 51.2 Å². The topological polar surface area (TPSA) is 55.8 Å². The lowest BCUT2D eigenvalue weighted by Crippen LogP contribution is -2.40. The minimum atomic E-state index is -0.699. The second kappa shape index (κ2) is 7.12. The average Bonchev–Trinajstić information content (AvgIpc) is 3.33. The summed E-state index contributed by atoms with van der Waals surface area (Å²) in [5, 5.41) is 0. The Balaban J connectivity index is 1.57. The van der Waals surface area contributed by atoms with E-state index in [1.54, 1.807) is 4.90 Å². The first-order valence-corrected chi connectivity index (χ1v) is 10.0. The SMILES string of the molecule is CCCCCOC(=O)[C@H]1[C@H]2C(=O)N(c3ccccc3CC)C[C@@]23C=C[C@H]1O3. The number of hydrogen-bond donors (Lipinski definition) is 0. The average molecular weight is 369 g/mol. The van der Waals surface area contributed by atoms with Crippen LogP contribution in [-0.4, -0.2) is 36.7 Å². The van der Waals surface area contributed by atoms with Gasteiger partial charge in [-0.2, -0.15) is 0 Å². The fourth-order valence-electron chi connectivity index (χ4n) is 4.67. The molecule has 27 heavy (non-hydrogen) atoms. The first-order chi connectivity index (χ1) is 13.1. The summed E-state index contributed by atoms with van der Waals surface area (Å²) in [6, 6.07) is 7.95. The van der Waals surface area contributed by atoms with Crippen LogP contribution >= 0.6 is 0 Å². The maximum Gasteiger partial charge on any atom is 0.312 e. The van der Waals surface area contributed by atoms with Crippen molar-refractivity contribution in [3.05, 3.63) is 42.0 Å². The van der Waals surface area contributed by atoms with E-state index in [0.717, 1.165) is 36.9 Å². The minimum Gasteiger partial charge on any atom is -0.465 e.